The fraction of sp³-hybridized carbons (Fsp3) is 0.125. The molecule has 4 N–H and O–H groups in total. The molecule has 0 radical (unpaired) electrons. The van der Waals surface area contributed by atoms with Crippen LogP contribution in [-0.4, -0.2) is 27.7 Å². The molecule has 0 aliphatic carbocycles. The molecule has 0 aliphatic heterocycles. The predicted octanol–water partition coefficient (Wildman–Crippen LogP) is 1.80. The molecule has 0 saturated heterocycles. The molecule has 27 heavy (non-hydrogen) atoms. The predicted molar refractivity (Wildman–Crippen MR) is 96.0 cm³/mol. The second-order valence-corrected chi connectivity index (χ2v) is 5.46. The molecule has 2 aromatic carbocycles. The van der Waals surface area contributed by atoms with Crippen molar-refractivity contribution in [3.63, 3.8) is 0 Å². The highest BCUT2D eigenvalue weighted by Gasteiger charge is 2.18. The number of carbonyl (C=O) groups excluding carboxylic acids is 2. The number of nitrogens with two attached hydrogens (primary N) is 1. The van der Waals surface area contributed by atoms with E-state index < -0.39 is 27.7 Å². The lowest BCUT2D eigenvalue weighted by molar-refractivity contribution is -0.385. The Morgan fingerprint density at radius 1 is 0.852 bits per heavy atom. The Kier molecular flexibility index (Phi) is 6.12. The molecule has 0 heterocycles. The van der Waals surface area contributed by atoms with Gasteiger partial charge in [0, 0.05) is 35.6 Å². The summed E-state index contributed by atoms with van der Waals surface area (Å²) in [4.78, 5) is 44.0. The summed E-state index contributed by atoms with van der Waals surface area (Å²) in [6.45, 7) is 0. The van der Waals surface area contributed by atoms with Gasteiger partial charge in [0.1, 0.15) is 0 Å². The van der Waals surface area contributed by atoms with Crippen LogP contribution in [0.1, 0.15) is 6.42 Å². The molecule has 140 valence electrons. The minimum absolute atomic E-state index is 0.118. The third kappa shape index (κ3) is 5.57. The lowest BCUT2D eigenvalue weighted by atomic mass is 10.2. The van der Waals surface area contributed by atoms with Crippen molar-refractivity contribution in [2.45, 2.75) is 12.5 Å². The van der Waals surface area contributed by atoms with Crippen LogP contribution in [0.4, 0.5) is 22.7 Å². The number of nitro groups is 2. The quantitative estimate of drug-likeness (QED) is 0.490. The van der Waals surface area contributed by atoms with Gasteiger partial charge < -0.3 is 16.4 Å². The third-order valence-electron chi connectivity index (χ3n) is 3.45. The van der Waals surface area contributed by atoms with E-state index in [9.17, 15) is 29.8 Å². The van der Waals surface area contributed by atoms with Crippen LogP contribution < -0.4 is 16.4 Å². The van der Waals surface area contributed by atoms with E-state index in [4.69, 9.17) is 5.73 Å². The van der Waals surface area contributed by atoms with Crippen molar-refractivity contribution in [1.29, 1.82) is 0 Å². The van der Waals surface area contributed by atoms with Crippen molar-refractivity contribution < 1.29 is 19.4 Å². The first-order valence-electron chi connectivity index (χ1n) is 7.61. The molecule has 0 saturated carbocycles. The lowest BCUT2D eigenvalue weighted by Crippen LogP contribution is -2.38. The number of nitrogens with one attached hydrogen (secondary N) is 2. The number of hydrogen-bond donors (Lipinski definition) is 3. The molecule has 11 nitrogen and oxygen atoms in total. The van der Waals surface area contributed by atoms with Crippen LogP contribution in [-0.2, 0) is 9.59 Å². The lowest BCUT2D eigenvalue weighted by Gasteiger charge is -2.12. The summed E-state index contributed by atoms with van der Waals surface area (Å²) >= 11 is 0. The first kappa shape index (κ1) is 19.5. The number of anilines is 2. The number of hydrogen-bond acceptors (Lipinski definition) is 7. The summed E-state index contributed by atoms with van der Waals surface area (Å²) in [6.07, 6.45) is -0.324. The first-order valence-corrected chi connectivity index (χ1v) is 7.61. The highest BCUT2D eigenvalue weighted by atomic mass is 16.6. The van der Waals surface area contributed by atoms with E-state index in [1.807, 2.05) is 0 Å². The monoisotopic (exact) mass is 373 g/mol. The molecule has 1 atom stereocenters. The molecule has 2 rings (SSSR count). The van der Waals surface area contributed by atoms with E-state index in [1.165, 1.54) is 48.5 Å². The van der Waals surface area contributed by atoms with Gasteiger partial charge in [-0.05, 0) is 24.3 Å². The van der Waals surface area contributed by atoms with Gasteiger partial charge in [-0.15, -0.1) is 0 Å². The van der Waals surface area contributed by atoms with Crippen LogP contribution in [0, 0.1) is 20.2 Å². The molecule has 2 aromatic rings. The summed E-state index contributed by atoms with van der Waals surface area (Å²) in [5.74, 6) is -1.18. The number of nitrogens with zero attached hydrogens (tertiary/aromatic N) is 2. The number of amides is 2. The Hall–Kier alpha value is -3.86. The van der Waals surface area contributed by atoms with Gasteiger partial charge in [-0.1, -0.05) is 0 Å². The van der Waals surface area contributed by atoms with Crippen LogP contribution >= 0.6 is 0 Å². The number of nitro benzene ring substituents is 2. The minimum atomic E-state index is -1.15. The van der Waals surface area contributed by atoms with E-state index in [0.29, 0.717) is 11.4 Å². The van der Waals surface area contributed by atoms with Gasteiger partial charge >= 0.3 is 0 Å². The second kappa shape index (κ2) is 8.49. The van der Waals surface area contributed by atoms with E-state index in [1.54, 1.807) is 0 Å². The zero-order chi connectivity index (χ0) is 20.0. The molecular formula is C16H15N5O6. The Bertz CT molecular complexity index is 866. The normalized spacial score (nSPS) is 11.3. The van der Waals surface area contributed by atoms with Crippen molar-refractivity contribution in [2.75, 3.05) is 10.6 Å². The summed E-state index contributed by atoms with van der Waals surface area (Å²) < 4.78 is 0. The number of carbonyl (C=O) groups is 2. The van der Waals surface area contributed by atoms with Crippen LogP contribution in [0.2, 0.25) is 0 Å². The van der Waals surface area contributed by atoms with E-state index in [-0.39, 0.29) is 17.8 Å². The van der Waals surface area contributed by atoms with E-state index in [2.05, 4.69) is 10.6 Å². The minimum Gasteiger partial charge on any atom is -0.326 e. The number of rotatable bonds is 7. The van der Waals surface area contributed by atoms with E-state index in [0.717, 1.165) is 0 Å². The fourth-order valence-electron chi connectivity index (χ4n) is 2.07. The zero-order valence-corrected chi connectivity index (χ0v) is 13.8. The van der Waals surface area contributed by atoms with Crippen molar-refractivity contribution in [3.05, 3.63) is 68.8 Å². The summed E-state index contributed by atoms with van der Waals surface area (Å²) in [5, 5.41) is 26.1. The standard InChI is InChI=1S/C16H15N5O6/c17-14(16(23)19-11-3-7-13(8-4-11)21(26)27)9-15(22)18-10-1-5-12(6-2-10)20(24)25/h1-8,14H,9,17H2,(H,18,22)(H,19,23). The summed E-state index contributed by atoms with van der Waals surface area (Å²) in [6, 6.07) is 9.17. The Morgan fingerprint density at radius 2 is 1.26 bits per heavy atom. The highest BCUT2D eigenvalue weighted by Crippen LogP contribution is 2.17. The Morgan fingerprint density at radius 3 is 1.67 bits per heavy atom. The van der Waals surface area contributed by atoms with Gasteiger partial charge in [0.25, 0.3) is 11.4 Å². The Balaban J connectivity index is 1.88. The van der Waals surface area contributed by atoms with E-state index >= 15 is 0 Å². The largest absolute Gasteiger partial charge is 0.326 e. The van der Waals surface area contributed by atoms with Crippen molar-refractivity contribution in [2.24, 2.45) is 5.73 Å². The van der Waals surface area contributed by atoms with Gasteiger partial charge in [-0.2, -0.15) is 0 Å². The van der Waals surface area contributed by atoms with Gasteiger partial charge in [-0.25, -0.2) is 0 Å². The van der Waals surface area contributed by atoms with Gasteiger partial charge in [0.15, 0.2) is 0 Å². The topological polar surface area (TPSA) is 170 Å². The van der Waals surface area contributed by atoms with Crippen molar-refractivity contribution in [1.82, 2.24) is 0 Å². The van der Waals surface area contributed by atoms with Crippen molar-refractivity contribution >= 4 is 34.6 Å². The number of benzene rings is 2. The first-order chi connectivity index (χ1) is 12.8. The zero-order valence-electron chi connectivity index (χ0n) is 13.8. The molecule has 0 spiro atoms. The summed E-state index contributed by atoms with van der Waals surface area (Å²) in [5.41, 5.74) is 6.08. The molecule has 11 heteroatoms. The van der Waals surface area contributed by atoms with Gasteiger partial charge in [0.05, 0.1) is 22.3 Å². The molecule has 1 unspecified atom stereocenters. The fourth-order valence-corrected chi connectivity index (χ4v) is 2.07. The maximum Gasteiger partial charge on any atom is 0.269 e. The molecule has 0 aromatic heterocycles. The SMILES string of the molecule is NC(CC(=O)Nc1ccc([N+](=O)[O-])cc1)C(=O)Nc1ccc([N+](=O)[O-])cc1. The summed E-state index contributed by atoms with van der Waals surface area (Å²) in [7, 11) is 0. The van der Waals surface area contributed by atoms with Crippen molar-refractivity contribution in [3.8, 4) is 0 Å². The molecule has 0 bridgehead atoms. The molecule has 0 fully saturated rings. The van der Waals surface area contributed by atoms with Crippen LogP contribution in [0.25, 0.3) is 0 Å². The maximum atomic E-state index is 12.0. The van der Waals surface area contributed by atoms with Crippen LogP contribution in [0.5, 0.6) is 0 Å². The molecule has 2 amide bonds. The Labute approximate surface area is 152 Å². The molecular weight excluding hydrogens is 358 g/mol. The third-order valence-corrected chi connectivity index (χ3v) is 3.45. The average Bonchev–Trinajstić information content (AvgIpc) is 2.62. The van der Waals surface area contributed by atoms with Crippen LogP contribution in [0.15, 0.2) is 48.5 Å². The second-order valence-electron chi connectivity index (χ2n) is 5.46. The van der Waals surface area contributed by atoms with Crippen LogP contribution in [0.3, 0.4) is 0 Å². The average molecular weight is 373 g/mol. The number of non-ortho nitro benzene ring substituents is 2. The van der Waals surface area contributed by atoms with Gasteiger partial charge in [0.2, 0.25) is 11.8 Å². The maximum absolute atomic E-state index is 12.0. The highest BCUT2D eigenvalue weighted by molar-refractivity contribution is 6.00. The van der Waals surface area contributed by atoms with Gasteiger partial charge in [-0.3, -0.25) is 29.8 Å². The smallest absolute Gasteiger partial charge is 0.269 e. The molecule has 0 aliphatic rings.